The molecule has 0 aliphatic carbocycles. The third-order valence-electron chi connectivity index (χ3n) is 3.48. The molecule has 0 saturated carbocycles. The van der Waals surface area contributed by atoms with Crippen LogP contribution in [-0.4, -0.2) is 31.9 Å². The molecule has 1 aromatic rings. The topological polar surface area (TPSA) is 27.6 Å². The Hall–Kier alpha value is -1.13. The minimum Gasteiger partial charge on any atom is -0.316 e. The molecule has 1 N–H and O–H groups in total. The van der Waals surface area contributed by atoms with Gasteiger partial charge in [-0.15, -0.1) is 0 Å². The molecule has 0 amide bonds. The zero-order chi connectivity index (χ0) is 15.8. The summed E-state index contributed by atoms with van der Waals surface area (Å²) in [6.07, 6.45) is 2.19. The van der Waals surface area contributed by atoms with Crippen LogP contribution in [0.25, 0.3) is 5.70 Å². The van der Waals surface area contributed by atoms with Crippen molar-refractivity contribution in [1.29, 1.82) is 0 Å². The first-order valence-electron chi connectivity index (χ1n) is 7.53. The third-order valence-corrected chi connectivity index (χ3v) is 3.86. The number of nitrogens with one attached hydrogen (secondary N) is 1. The van der Waals surface area contributed by atoms with Crippen molar-refractivity contribution in [3.8, 4) is 0 Å². The molecule has 4 heteroatoms. The number of benzene rings is 1. The second kappa shape index (κ2) is 9.00. The largest absolute Gasteiger partial charge is 0.316 e. The van der Waals surface area contributed by atoms with Gasteiger partial charge in [-0.25, -0.2) is 0 Å². The van der Waals surface area contributed by atoms with E-state index in [1.165, 1.54) is 16.7 Å². The molecule has 0 spiro atoms. The summed E-state index contributed by atoms with van der Waals surface area (Å²) in [5, 5.41) is 9.25. The molecular weight excluding hydrogens is 326 g/mol. The first-order chi connectivity index (χ1) is 10.1. The predicted octanol–water partition coefficient (Wildman–Crippen LogP) is 4.03. The molecule has 0 bridgehead atoms. The van der Waals surface area contributed by atoms with Crippen molar-refractivity contribution >= 4 is 28.3 Å². The summed E-state index contributed by atoms with van der Waals surface area (Å²) in [6.45, 7) is 11.8. The Morgan fingerprint density at radius 3 is 2.43 bits per heavy atom. The number of rotatable bonds is 3. The summed E-state index contributed by atoms with van der Waals surface area (Å²) < 4.78 is 1.06. The van der Waals surface area contributed by atoms with Crippen molar-refractivity contribution in [2.24, 2.45) is 5.10 Å². The maximum Gasteiger partial charge on any atom is 0.0761 e. The molecule has 1 aliphatic rings. The molecule has 2 rings (SSSR count). The Kier molecular flexibility index (Phi) is 7.68. The number of nitrogens with zero attached hydrogens (tertiary/aromatic N) is 2. The zero-order valence-corrected chi connectivity index (χ0v) is 15.1. The van der Waals surface area contributed by atoms with Gasteiger partial charge in [-0.05, 0) is 50.0 Å². The Bertz CT molecular complexity index is 505. The normalized spacial score (nSPS) is 14.9. The summed E-state index contributed by atoms with van der Waals surface area (Å²) in [5.74, 6) is 0. The molecule has 0 radical (unpaired) electrons. The second-order valence-electron chi connectivity index (χ2n) is 4.78. The molecule has 0 atom stereocenters. The molecule has 0 saturated heterocycles. The van der Waals surface area contributed by atoms with E-state index in [-0.39, 0.29) is 0 Å². The van der Waals surface area contributed by atoms with Crippen molar-refractivity contribution in [2.75, 3.05) is 20.1 Å². The SMILES string of the molecule is C=NN(C)/C(=C(\C)Br)c1ccc2c(c1)CCNCC2.CC. The van der Waals surface area contributed by atoms with Crippen LogP contribution in [0.4, 0.5) is 0 Å². The number of fused-ring (bicyclic) bond motifs is 1. The highest BCUT2D eigenvalue weighted by Crippen LogP contribution is 2.28. The summed E-state index contributed by atoms with van der Waals surface area (Å²) in [4.78, 5) is 0. The molecule has 0 aromatic heterocycles. The lowest BCUT2D eigenvalue weighted by Gasteiger charge is -2.19. The van der Waals surface area contributed by atoms with Crippen LogP contribution in [0, 0.1) is 0 Å². The first kappa shape index (κ1) is 17.9. The lowest BCUT2D eigenvalue weighted by Crippen LogP contribution is -2.16. The molecule has 21 heavy (non-hydrogen) atoms. The fraction of sp³-hybridized carbons (Fsp3) is 0.471. The van der Waals surface area contributed by atoms with Crippen LogP contribution in [0.1, 0.15) is 37.5 Å². The lowest BCUT2D eigenvalue weighted by atomic mass is 9.98. The summed E-state index contributed by atoms with van der Waals surface area (Å²) >= 11 is 3.57. The highest BCUT2D eigenvalue weighted by molar-refractivity contribution is 9.11. The molecule has 1 aromatic carbocycles. The molecule has 1 aliphatic heterocycles. The Morgan fingerprint density at radius 1 is 1.24 bits per heavy atom. The van der Waals surface area contributed by atoms with Gasteiger partial charge in [0.15, 0.2) is 0 Å². The number of hydrazone groups is 1. The Balaban J connectivity index is 0.00000106. The van der Waals surface area contributed by atoms with E-state index in [0.29, 0.717) is 0 Å². The number of allylic oxidation sites excluding steroid dienone is 1. The van der Waals surface area contributed by atoms with Gasteiger partial charge in [0.25, 0.3) is 0 Å². The monoisotopic (exact) mass is 351 g/mol. The average Bonchev–Trinajstić information content (AvgIpc) is 2.73. The van der Waals surface area contributed by atoms with Gasteiger partial charge >= 0.3 is 0 Å². The average molecular weight is 352 g/mol. The van der Waals surface area contributed by atoms with Gasteiger partial charge in [-0.1, -0.05) is 41.9 Å². The molecular formula is C17H26BrN3. The van der Waals surface area contributed by atoms with E-state index >= 15 is 0 Å². The summed E-state index contributed by atoms with van der Waals surface area (Å²) in [5.41, 5.74) is 5.14. The van der Waals surface area contributed by atoms with Crippen molar-refractivity contribution in [1.82, 2.24) is 10.3 Å². The quantitative estimate of drug-likeness (QED) is 0.657. The molecule has 0 unspecified atom stereocenters. The van der Waals surface area contributed by atoms with Gasteiger partial charge in [-0.3, -0.25) is 5.01 Å². The van der Waals surface area contributed by atoms with Crippen LogP contribution in [0.5, 0.6) is 0 Å². The highest BCUT2D eigenvalue weighted by Gasteiger charge is 2.13. The van der Waals surface area contributed by atoms with E-state index < -0.39 is 0 Å². The van der Waals surface area contributed by atoms with Crippen molar-refractivity contribution in [3.63, 3.8) is 0 Å². The third kappa shape index (κ3) is 4.68. The van der Waals surface area contributed by atoms with Gasteiger partial charge in [0.1, 0.15) is 0 Å². The van der Waals surface area contributed by atoms with Gasteiger partial charge in [0, 0.05) is 23.8 Å². The molecule has 1 heterocycles. The lowest BCUT2D eigenvalue weighted by molar-refractivity contribution is 0.520. The van der Waals surface area contributed by atoms with Gasteiger partial charge in [0.2, 0.25) is 0 Å². The standard InChI is InChI=1S/C15H20BrN3.C2H6/c1-11(16)15(19(3)17-2)14-5-4-12-6-8-18-9-7-13(12)10-14;1-2/h4-5,10,18H,2,6-9H2,1,3H3;1-2H3/b15-11+;. The van der Waals surface area contributed by atoms with Crippen molar-refractivity contribution in [3.05, 3.63) is 39.4 Å². The fourth-order valence-corrected chi connectivity index (χ4v) is 2.99. The van der Waals surface area contributed by atoms with Crippen LogP contribution in [0.2, 0.25) is 0 Å². The number of hydrogen-bond donors (Lipinski definition) is 1. The van der Waals surface area contributed by atoms with Gasteiger partial charge in [-0.2, -0.15) is 5.10 Å². The smallest absolute Gasteiger partial charge is 0.0761 e. The predicted molar refractivity (Wildman–Crippen MR) is 96.9 cm³/mol. The van der Waals surface area contributed by atoms with Crippen LogP contribution in [-0.2, 0) is 12.8 Å². The van der Waals surface area contributed by atoms with E-state index in [1.807, 2.05) is 27.8 Å². The van der Waals surface area contributed by atoms with Gasteiger partial charge in [0.05, 0.1) is 5.70 Å². The Labute approximate surface area is 137 Å². The van der Waals surface area contributed by atoms with Crippen molar-refractivity contribution in [2.45, 2.75) is 33.6 Å². The van der Waals surface area contributed by atoms with Crippen LogP contribution in [0.15, 0.2) is 27.8 Å². The van der Waals surface area contributed by atoms with Crippen molar-refractivity contribution < 1.29 is 0 Å². The van der Waals surface area contributed by atoms with E-state index in [0.717, 1.165) is 36.1 Å². The minimum absolute atomic E-state index is 1.05. The summed E-state index contributed by atoms with van der Waals surface area (Å²) in [6, 6.07) is 6.70. The molecule has 3 nitrogen and oxygen atoms in total. The van der Waals surface area contributed by atoms with Crippen LogP contribution >= 0.6 is 15.9 Å². The van der Waals surface area contributed by atoms with Gasteiger partial charge < -0.3 is 5.32 Å². The van der Waals surface area contributed by atoms with E-state index in [1.54, 1.807) is 5.01 Å². The van der Waals surface area contributed by atoms with Crippen LogP contribution < -0.4 is 5.32 Å². The minimum atomic E-state index is 1.05. The van der Waals surface area contributed by atoms with E-state index in [9.17, 15) is 0 Å². The highest BCUT2D eigenvalue weighted by atomic mass is 79.9. The fourth-order valence-electron chi connectivity index (χ4n) is 2.50. The Morgan fingerprint density at radius 2 is 1.86 bits per heavy atom. The van der Waals surface area contributed by atoms with Crippen LogP contribution in [0.3, 0.4) is 0 Å². The number of hydrogen-bond acceptors (Lipinski definition) is 3. The molecule has 116 valence electrons. The molecule has 0 fully saturated rings. The zero-order valence-electron chi connectivity index (χ0n) is 13.5. The maximum atomic E-state index is 4.00. The van der Waals surface area contributed by atoms with E-state index in [2.05, 4.69) is 51.3 Å². The number of halogens is 1. The van der Waals surface area contributed by atoms with E-state index in [4.69, 9.17) is 0 Å². The summed E-state index contributed by atoms with van der Waals surface area (Å²) in [7, 11) is 1.92. The second-order valence-corrected chi connectivity index (χ2v) is 5.97. The maximum absolute atomic E-state index is 4.00. The first-order valence-corrected chi connectivity index (χ1v) is 8.32.